The Morgan fingerprint density at radius 3 is 2.78 bits per heavy atom. The standard InChI is InChI=1S/C27H31FN6O2/c1-3-4-19-15-23(29-17-19)30-24-16-25(34-9-7-33(8-10-34)11-12-35)32-27(31-24)36-22-6-5-20-13-18(2)14-21(20)26(22)28/h3-6,14-16,35H,7-13,17H2,1-2H3,(H,29,30,31,32)/b4-3-. The maximum absolute atomic E-state index is 15.2. The molecule has 188 valence electrons. The number of nitrogens with zero attached hydrogens (tertiary/aromatic N) is 5. The molecule has 0 bridgehead atoms. The lowest BCUT2D eigenvalue weighted by Gasteiger charge is -2.35. The van der Waals surface area contributed by atoms with Crippen LogP contribution >= 0.6 is 0 Å². The number of aliphatic hydroxyl groups is 1. The number of rotatable bonds is 7. The molecule has 0 unspecified atom stereocenters. The van der Waals surface area contributed by atoms with Gasteiger partial charge in [0.2, 0.25) is 0 Å². The minimum Gasteiger partial charge on any atom is -0.421 e. The number of hydrogen-bond donors (Lipinski definition) is 2. The zero-order valence-electron chi connectivity index (χ0n) is 20.7. The van der Waals surface area contributed by atoms with Crippen molar-refractivity contribution < 1.29 is 14.2 Å². The normalized spacial score (nSPS) is 17.8. The van der Waals surface area contributed by atoms with Crippen LogP contribution in [0.2, 0.25) is 0 Å². The van der Waals surface area contributed by atoms with Crippen molar-refractivity contribution in [1.82, 2.24) is 14.9 Å². The van der Waals surface area contributed by atoms with Crippen molar-refractivity contribution in [2.75, 3.05) is 56.1 Å². The molecule has 0 saturated carbocycles. The van der Waals surface area contributed by atoms with E-state index in [1.165, 1.54) is 0 Å². The summed E-state index contributed by atoms with van der Waals surface area (Å²) in [7, 11) is 0. The second-order valence-electron chi connectivity index (χ2n) is 9.21. The van der Waals surface area contributed by atoms with Crippen LogP contribution in [0.25, 0.3) is 6.08 Å². The predicted octanol–water partition coefficient (Wildman–Crippen LogP) is 3.81. The topological polar surface area (TPSA) is 86.1 Å². The van der Waals surface area contributed by atoms with Crippen molar-refractivity contribution in [1.29, 1.82) is 0 Å². The van der Waals surface area contributed by atoms with E-state index in [1.807, 2.05) is 50.3 Å². The number of piperazine rings is 1. The molecule has 0 amide bonds. The molecule has 5 rings (SSSR count). The number of aromatic nitrogens is 2. The first kappa shape index (κ1) is 24.1. The third-order valence-corrected chi connectivity index (χ3v) is 6.49. The van der Waals surface area contributed by atoms with Gasteiger partial charge in [-0.2, -0.15) is 9.97 Å². The van der Waals surface area contributed by atoms with E-state index in [1.54, 1.807) is 6.07 Å². The summed E-state index contributed by atoms with van der Waals surface area (Å²) in [6, 6.07) is 5.47. The molecule has 0 radical (unpaired) electrons. The third kappa shape index (κ3) is 5.32. The van der Waals surface area contributed by atoms with Gasteiger partial charge in [0.05, 0.1) is 13.2 Å². The number of aliphatic imine (C=N–C) groups is 1. The first-order valence-corrected chi connectivity index (χ1v) is 12.3. The summed E-state index contributed by atoms with van der Waals surface area (Å²) < 4.78 is 21.2. The molecular formula is C27H31FN6O2. The Balaban J connectivity index is 1.42. The zero-order valence-corrected chi connectivity index (χ0v) is 20.7. The molecule has 1 aliphatic carbocycles. The molecule has 9 heteroatoms. The van der Waals surface area contributed by atoms with E-state index in [4.69, 9.17) is 4.74 Å². The van der Waals surface area contributed by atoms with Gasteiger partial charge in [-0.05, 0) is 43.5 Å². The molecule has 3 heterocycles. The van der Waals surface area contributed by atoms with Crippen LogP contribution in [-0.2, 0) is 6.42 Å². The molecule has 2 aliphatic heterocycles. The molecule has 1 aromatic carbocycles. The first-order chi connectivity index (χ1) is 17.5. The number of fused-ring (bicyclic) bond motifs is 1. The zero-order chi connectivity index (χ0) is 25.1. The van der Waals surface area contributed by atoms with E-state index in [0.717, 1.165) is 49.3 Å². The molecule has 0 spiro atoms. The van der Waals surface area contributed by atoms with E-state index < -0.39 is 5.82 Å². The molecule has 2 aromatic rings. The van der Waals surface area contributed by atoms with Gasteiger partial charge in [-0.1, -0.05) is 29.9 Å². The van der Waals surface area contributed by atoms with Gasteiger partial charge in [0.25, 0.3) is 0 Å². The smallest absolute Gasteiger partial charge is 0.326 e. The quantitative estimate of drug-likeness (QED) is 0.611. The van der Waals surface area contributed by atoms with Crippen molar-refractivity contribution in [3.05, 3.63) is 64.5 Å². The second kappa shape index (κ2) is 10.6. The number of hydrogen-bond acceptors (Lipinski definition) is 8. The van der Waals surface area contributed by atoms with Gasteiger partial charge >= 0.3 is 6.01 Å². The van der Waals surface area contributed by atoms with Crippen LogP contribution in [-0.4, -0.2) is 71.7 Å². The van der Waals surface area contributed by atoms with Crippen LogP contribution in [0, 0.1) is 5.82 Å². The first-order valence-electron chi connectivity index (χ1n) is 12.3. The molecule has 0 atom stereocenters. The Morgan fingerprint density at radius 2 is 2.00 bits per heavy atom. The summed E-state index contributed by atoms with van der Waals surface area (Å²) in [6.07, 6.45) is 8.60. The number of anilines is 2. The summed E-state index contributed by atoms with van der Waals surface area (Å²) in [5.41, 5.74) is 3.75. The highest BCUT2D eigenvalue weighted by Crippen LogP contribution is 2.34. The van der Waals surface area contributed by atoms with Crippen LogP contribution in [0.5, 0.6) is 11.8 Å². The van der Waals surface area contributed by atoms with Crippen molar-refractivity contribution in [3.8, 4) is 11.8 Å². The average Bonchev–Trinajstić information content (AvgIpc) is 3.47. The molecule has 1 saturated heterocycles. The number of ether oxygens (including phenoxy) is 1. The number of allylic oxidation sites excluding steroid dienone is 2. The number of aliphatic hydroxyl groups excluding tert-OH is 1. The highest BCUT2D eigenvalue weighted by Gasteiger charge is 2.22. The molecule has 1 aromatic heterocycles. The molecular weight excluding hydrogens is 459 g/mol. The molecule has 8 nitrogen and oxygen atoms in total. The van der Waals surface area contributed by atoms with E-state index in [2.05, 4.69) is 30.1 Å². The highest BCUT2D eigenvalue weighted by molar-refractivity contribution is 6.05. The molecule has 1 fully saturated rings. The average molecular weight is 491 g/mol. The second-order valence-corrected chi connectivity index (χ2v) is 9.21. The number of halogens is 1. The summed E-state index contributed by atoms with van der Waals surface area (Å²) in [5.74, 6) is 1.63. The van der Waals surface area contributed by atoms with Crippen LogP contribution in [0.15, 0.2) is 52.6 Å². The summed E-state index contributed by atoms with van der Waals surface area (Å²) in [4.78, 5) is 18.0. The minimum atomic E-state index is -0.399. The number of amidine groups is 1. The van der Waals surface area contributed by atoms with Crippen molar-refractivity contribution >= 4 is 23.5 Å². The third-order valence-electron chi connectivity index (χ3n) is 6.49. The van der Waals surface area contributed by atoms with E-state index in [-0.39, 0.29) is 18.4 Å². The maximum atomic E-state index is 15.2. The molecule has 2 N–H and O–H groups in total. The molecule has 36 heavy (non-hydrogen) atoms. The van der Waals surface area contributed by atoms with Crippen molar-refractivity contribution in [2.24, 2.45) is 4.99 Å². The van der Waals surface area contributed by atoms with Gasteiger partial charge < -0.3 is 20.1 Å². The van der Waals surface area contributed by atoms with Gasteiger partial charge in [0.1, 0.15) is 17.5 Å². The van der Waals surface area contributed by atoms with Crippen molar-refractivity contribution in [3.63, 3.8) is 0 Å². The summed E-state index contributed by atoms with van der Waals surface area (Å²) in [6.45, 7) is 8.51. The Morgan fingerprint density at radius 1 is 1.17 bits per heavy atom. The van der Waals surface area contributed by atoms with Gasteiger partial charge in [-0.3, -0.25) is 9.89 Å². The Bertz CT molecular complexity index is 1260. The van der Waals surface area contributed by atoms with Gasteiger partial charge in [0, 0.05) is 44.4 Å². The van der Waals surface area contributed by atoms with Crippen LogP contribution in [0.3, 0.4) is 0 Å². The lowest BCUT2D eigenvalue weighted by molar-refractivity contribution is 0.188. The van der Waals surface area contributed by atoms with E-state index in [9.17, 15) is 5.11 Å². The lowest BCUT2D eigenvalue weighted by Crippen LogP contribution is -2.47. The molecule has 3 aliphatic rings. The fourth-order valence-electron chi connectivity index (χ4n) is 4.69. The minimum absolute atomic E-state index is 0.0709. The SMILES string of the molecule is C/C=C\C1=CC(Nc2cc(N3CCN(CCO)CC3)nc(Oc3ccc4c(c3F)C=C(C)C4)n2)=NC1. The van der Waals surface area contributed by atoms with Gasteiger partial charge in [-0.25, -0.2) is 4.39 Å². The predicted molar refractivity (Wildman–Crippen MR) is 140 cm³/mol. The number of nitrogens with one attached hydrogen (secondary N) is 1. The number of β-amino-alcohol motifs (C(OH)–C–C–N with tert-alkyl or cyclic N) is 1. The van der Waals surface area contributed by atoms with Gasteiger partial charge in [-0.15, -0.1) is 0 Å². The Hall–Kier alpha value is -3.56. The van der Waals surface area contributed by atoms with E-state index in [0.29, 0.717) is 36.1 Å². The summed E-state index contributed by atoms with van der Waals surface area (Å²) in [5, 5.41) is 12.5. The lowest BCUT2D eigenvalue weighted by atomic mass is 10.1. The fraction of sp³-hybridized carbons (Fsp3) is 0.370. The van der Waals surface area contributed by atoms with Gasteiger partial charge in [0.15, 0.2) is 11.6 Å². The fourth-order valence-corrected chi connectivity index (χ4v) is 4.69. The maximum Gasteiger partial charge on any atom is 0.326 e. The Labute approximate surface area is 210 Å². The number of benzene rings is 1. The highest BCUT2D eigenvalue weighted by atomic mass is 19.1. The summed E-state index contributed by atoms with van der Waals surface area (Å²) >= 11 is 0. The van der Waals surface area contributed by atoms with Crippen molar-refractivity contribution in [2.45, 2.75) is 20.3 Å². The monoisotopic (exact) mass is 490 g/mol. The Kier molecular flexibility index (Phi) is 7.11. The van der Waals surface area contributed by atoms with Crippen LogP contribution in [0.4, 0.5) is 16.0 Å². The largest absolute Gasteiger partial charge is 0.421 e. The van der Waals surface area contributed by atoms with E-state index >= 15 is 4.39 Å². The van der Waals surface area contributed by atoms with Crippen LogP contribution in [0.1, 0.15) is 25.0 Å². The van der Waals surface area contributed by atoms with Crippen LogP contribution < -0.4 is 15.0 Å².